The maximum Gasteiger partial charge on any atom is 0.416 e. The van der Waals surface area contributed by atoms with Gasteiger partial charge in [0, 0.05) is 10.5 Å². The number of aryl methyl sites for hydroxylation is 1. The van der Waals surface area contributed by atoms with Crippen LogP contribution in [0.2, 0.25) is 0 Å². The summed E-state index contributed by atoms with van der Waals surface area (Å²) >= 11 is 1.41. The molecule has 1 saturated heterocycles. The van der Waals surface area contributed by atoms with E-state index >= 15 is 0 Å². The van der Waals surface area contributed by atoms with Gasteiger partial charge in [-0.1, -0.05) is 30.8 Å². The maximum absolute atomic E-state index is 13.9. The Morgan fingerprint density at radius 2 is 1.52 bits per heavy atom. The first kappa shape index (κ1) is 36.9. The van der Waals surface area contributed by atoms with Crippen molar-refractivity contribution in [1.82, 2.24) is 10.2 Å². The predicted octanol–water partition coefficient (Wildman–Crippen LogP) is 10.0. The number of hydrogen-bond acceptors (Lipinski definition) is 6. The number of nitrogens with one attached hydrogen (secondary N) is 1. The van der Waals surface area contributed by atoms with E-state index in [-0.39, 0.29) is 11.6 Å². The third kappa shape index (κ3) is 7.39. The van der Waals surface area contributed by atoms with Crippen molar-refractivity contribution < 1.29 is 58.6 Å². The van der Waals surface area contributed by atoms with Crippen LogP contribution >= 0.6 is 11.8 Å². The molecule has 268 valence electrons. The van der Waals surface area contributed by atoms with Gasteiger partial charge in [-0.2, -0.15) is 39.5 Å². The molecule has 0 radical (unpaired) electrons. The zero-order valence-electron chi connectivity index (χ0n) is 26.7. The highest BCUT2D eigenvalue weighted by molar-refractivity contribution is 8.03. The molecule has 1 unspecified atom stereocenters. The quantitative estimate of drug-likeness (QED) is 0.193. The second kappa shape index (κ2) is 13.4. The topological polar surface area (TPSA) is 67.9 Å². The van der Waals surface area contributed by atoms with E-state index in [2.05, 4.69) is 5.32 Å². The third-order valence-corrected chi connectivity index (χ3v) is 9.87. The number of rotatable bonds is 7. The first-order valence-electron chi connectivity index (χ1n) is 15.0. The van der Waals surface area contributed by atoms with E-state index in [1.165, 1.54) is 31.9 Å². The highest BCUT2D eigenvalue weighted by atomic mass is 32.2. The summed E-state index contributed by atoms with van der Waals surface area (Å²) in [6.07, 6.45) is -17.3. The smallest absolute Gasteiger partial charge is 0.416 e. The van der Waals surface area contributed by atoms with E-state index in [4.69, 9.17) is 9.47 Å². The fourth-order valence-electron chi connectivity index (χ4n) is 5.92. The monoisotopic (exact) mass is 732 g/mol. The van der Waals surface area contributed by atoms with Gasteiger partial charge >= 0.3 is 30.6 Å². The number of carbonyl (C=O) groups is 2. The summed E-state index contributed by atoms with van der Waals surface area (Å²) < 4.78 is 133. The summed E-state index contributed by atoms with van der Waals surface area (Å²) in [5.74, 6) is -0.528. The van der Waals surface area contributed by atoms with Crippen molar-refractivity contribution in [2.45, 2.75) is 69.8 Å². The van der Waals surface area contributed by atoms with Crippen molar-refractivity contribution in [3.63, 3.8) is 0 Å². The number of halogens is 9. The van der Waals surface area contributed by atoms with Crippen LogP contribution in [0, 0.1) is 6.92 Å². The Morgan fingerprint density at radius 1 is 0.900 bits per heavy atom. The van der Waals surface area contributed by atoms with E-state index in [0.717, 1.165) is 33.1 Å². The van der Waals surface area contributed by atoms with Crippen LogP contribution in [0.5, 0.6) is 0 Å². The van der Waals surface area contributed by atoms with Crippen molar-refractivity contribution >= 4 is 29.5 Å². The third-order valence-electron chi connectivity index (χ3n) is 8.48. The van der Waals surface area contributed by atoms with Gasteiger partial charge in [-0.3, -0.25) is 4.90 Å². The number of ether oxygens (including phenoxy) is 2. The number of alkyl halides is 9. The van der Waals surface area contributed by atoms with Crippen LogP contribution in [-0.4, -0.2) is 30.1 Å². The van der Waals surface area contributed by atoms with Crippen molar-refractivity contribution in [2.75, 3.05) is 7.11 Å². The van der Waals surface area contributed by atoms with Gasteiger partial charge < -0.3 is 14.8 Å². The Bertz CT molecular complexity index is 1820. The molecule has 1 amide bonds. The fraction of sp³-hybridized carbons (Fsp3) is 0.353. The van der Waals surface area contributed by atoms with Crippen molar-refractivity contribution in [3.05, 3.63) is 110 Å². The zero-order valence-corrected chi connectivity index (χ0v) is 27.5. The summed E-state index contributed by atoms with van der Waals surface area (Å²) in [6, 6.07) is 7.64. The maximum atomic E-state index is 13.9. The second-order valence-corrected chi connectivity index (χ2v) is 12.9. The van der Waals surface area contributed by atoms with E-state index in [0.29, 0.717) is 35.4 Å². The molecule has 1 N–H and O–H groups in total. The van der Waals surface area contributed by atoms with Crippen LogP contribution in [0.15, 0.2) is 59.5 Å². The molecule has 6 nitrogen and oxygen atoms in total. The van der Waals surface area contributed by atoms with Crippen LogP contribution in [0.4, 0.5) is 44.3 Å². The molecule has 2 heterocycles. The molecule has 5 rings (SSSR count). The summed E-state index contributed by atoms with van der Waals surface area (Å²) in [5.41, 5.74) is -2.15. The van der Waals surface area contributed by atoms with Gasteiger partial charge in [0.05, 0.1) is 47.6 Å². The highest BCUT2D eigenvalue weighted by Crippen LogP contribution is 2.48. The lowest BCUT2D eigenvalue weighted by molar-refractivity contribution is -0.143. The Labute approximate surface area is 284 Å². The first-order valence-corrected chi connectivity index (χ1v) is 15.9. The number of thioether (sulfide) groups is 1. The molecule has 3 atom stereocenters. The largest absolute Gasteiger partial charge is 0.465 e. The standard InChI is InChI=1S/C34H29F9N2O4S/c1-5-26-27(44-29(50-26)24-8-6-18(10-16(24)2)30(46)48-4)25-9-7-21(32(35,36)37)13-20(25)15-45-17(3)28(49-31(45)47)19-11-22(33(38,39)40)14-23(12-19)34(41,42)43/h6-14,17,28-29,44H,5,15H2,1-4H3/t17-,28-,29?/m0/s1. The van der Waals surface area contributed by atoms with Crippen molar-refractivity contribution in [3.8, 4) is 0 Å². The SMILES string of the molecule is CCC1=C(c2ccc(C(F)(F)F)cc2CN2C(=O)O[C@H](c3cc(C(F)(F)F)cc(C(F)(F)F)c3)[C@@H]2C)NC(c2ccc(C(=O)OC)cc2C)S1. The normalized spacial score (nSPS) is 19.9. The molecule has 0 aliphatic carbocycles. The lowest BCUT2D eigenvalue weighted by Gasteiger charge is -2.24. The molecule has 0 aromatic heterocycles. The first-order chi connectivity index (χ1) is 23.2. The van der Waals surface area contributed by atoms with Crippen LogP contribution in [-0.2, 0) is 34.5 Å². The number of nitrogens with zero attached hydrogens (tertiary/aromatic N) is 1. The van der Waals surface area contributed by atoms with Crippen molar-refractivity contribution in [1.29, 1.82) is 0 Å². The van der Waals surface area contributed by atoms with E-state index in [1.807, 2.05) is 6.92 Å². The minimum Gasteiger partial charge on any atom is -0.465 e. The molecular formula is C34H29F9N2O4S. The summed E-state index contributed by atoms with van der Waals surface area (Å²) in [7, 11) is 1.25. The molecular weight excluding hydrogens is 703 g/mol. The van der Waals surface area contributed by atoms with Gasteiger partial charge in [0.25, 0.3) is 0 Å². The number of amides is 1. The Morgan fingerprint density at radius 3 is 2.06 bits per heavy atom. The highest BCUT2D eigenvalue weighted by Gasteiger charge is 2.44. The molecule has 3 aromatic rings. The summed E-state index contributed by atoms with van der Waals surface area (Å²) in [4.78, 5) is 26.9. The Balaban J connectivity index is 1.51. The van der Waals surface area contributed by atoms with Crippen LogP contribution in [0.1, 0.15) is 86.6 Å². The molecule has 0 saturated carbocycles. The lowest BCUT2D eigenvalue weighted by atomic mass is 9.96. The van der Waals surface area contributed by atoms with Crippen LogP contribution < -0.4 is 5.32 Å². The number of carbonyl (C=O) groups excluding carboxylic acids is 2. The van der Waals surface area contributed by atoms with Crippen LogP contribution in [0.3, 0.4) is 0 Å². The molecule has 2 aliphatic heterocycles. The number of cyclic esters (lactones) is 1. The fourth-order valence-corrected chi connectivity index (χ4v) is 7.22. The molecule has 16 heteroatoms. The van der Waals surface area contributed by atoms with Crippen LogP contribution in [0.25, 0.3) is 5.70 Å². The van der Waals surface area contributed by atoms with Gasteiger partial charge in [0.15, 0.2) is 0 Å². The second-order valence-electron chi connectivity index (χ2n) is 11.7. The number of hydrogen-bond donors (Lipinski definition) is 1. The molecule has 1 fully saturated rings. The molecule has 50 heavy (non-hydrogen) atoms. The minimum absolute atomic E-state index is 0.0109. The molecule has 2 aliphatic rings. The summed E-state index contributed by atoms with van der Waals surface area (Å²) in [5, 5.41) is 2.94. The van der Waals surface area contributed by atoms with E-state index in [9.17, 15) is 49.1 Å². The van der Waals surface area contributed by atoms with Crippen molar-refractivity contribution in [2.24, 2.45) is 0 Å². The number of benzene rings is 3. The molecule has 0 spiro atoms. The average molecular weight is 733 g/mol. The summed E-state index contributed by atoms with van der Waals surface area (Å²) in [6.45, 7) is 4.45. The van der Waals surface area contributed by atoms with Gasteiger partial charge in [-0.15, -0.1) is 0 Å². The number of esters is 1. The minimum atomic E-state index is -5.15. The predicted molar refractivity (Wildman–Crippen MR) is 165 cm³/mol. The van der Waals surface area contributed by atoms with Gasteiger partial charge in [0.2, 0.25) is 0 Å². The molecule has 0 bridgehead atoms. The lowest BCUT2D eigenvalue weighted by Crippen LogP contribution is -2.32. The van der Waals surface area contributed by atoms with E-state index < -0.39 is 76.9 Å². The number of allylic oxidation sites excluding steroid dienone is 1. The van der Waals surface area contributed by atoms with E-state index in [1.54, 1.807) is 25.1 Å². The Hall–Kier alpha value is -4.34. The number of methoxy groups -OCH3 is 1. The average Bonchev–Trinajstić information content (AvgIpc) is 3.59. The molecule has 3 aromatic carbocycles. The zero-order chi connectivity index (χ0) is 36.9. The van der Waals surface area contributed by atoms with Gasteiger partial charge in [-0.25, -0.2) is 9.59 Å². The van der Waals surface area contributed by atoms with Gasteiger partial charge in [0.1, 0.15) is 11.5 Å². The Kier molecular flexibility index (Phi) is 9.91. The van der Waals surface area contributed by atoms with Gasteiger partial charge in [-0.05, 0) is 85.0 Å².